The predicted molar refractivity (Wildman–Crippen MR) is 82.5 cm³/mol. The van der Waals surface area contributed by atoms with Crippen molar-refractivity contribution in [2.45, 2.75) is 5.37 Å². The predicted octanol–water partition coefficient (Wildman–Crippen LogP) is 2.99. The van der Waals surface area contributed by atoms with Crippen LogP contribution in [0.15, 0.2) is 55.0 Å². The first kappa shape index (κ1) is 12.7. The summed E-state index contributed by atoms with van der Waals surface area (Å²) < 4.78 is 0. The van der Waals surface area contributed by atoms with Crippen molar-refractivity contribution >= 4 is 34.3 Å². The fraction of sp³-hybridized carbons (Fsp3) is 0.0667. The Balaban J connectivity index is 1.88. The van der Waals surface area contributed by atoms with Gasteiger partial charge in [0, 0.05) is 28.6 Å². The third-order valence-corrected chi connectivity index (χ3v) is 3.99. The van der Waals surface area contributed by atoms with Crippen LogP contribution in [0, 0.1) is 0 Å². The number of thioether (sulfide) groups is 1. The number of carbonyl (C=O) groups is 1. The van der Waals surface area contributed by atoms with Crippen molar-refractivity contribution in [3.63, 3.8) is 0 Å². The number of benzene rings is 1. The van der Waals surface area contributed by atoms with Crippen LogP contribution in [0.3, 0.4) is 0 Å². The maximum absolute atomic E-state index is 10.8. The highest BCUT2D eigenvalue weighted by molar-refractivity contribution is 8.09. The summed E-state index contributed by atoms with van der Waals surface area (Å²) in [5.74, 6) is 0. The van der Waals surface area contributed by atoms with Crippen LogP contribution in [0.25, 0.3) is 4.91 Å². The molecular formula is C15H13N3OS. The highest BCUT2D eigenvalue weighted by Crippen LogP contribution is 2.37. The summed E-state index contributed by atoms with van der Waals surface area (Å²) in [6.45, 7) is 0. The van der Waals surface area contributed by atoms with Crippen LogP contribution < -0.4 is 10.6 Å². The van der Waals surface area contributed by atoms with Crippen LogP contribution in [0.2, 0.25) is 0 Å². The molecule has 0 amide bonds. The zero-order valence-corrected chi connectivity index (χ0v) is 11.4. The minimum atomic E-state index is -0.206. The zero-order chi connectivity index (χ0) is 13.8. The van der Waals surface area contributed by atoms with Crippen LogP contribution in [-0.4, -0.2) is 16.6 Å². The van der Waals surface area contributed by atoms with E-state index in [2.05, 4.69) is 15.6 Å². The van der Waals surface area contributed by atoms with Crippen LogP contribution in [0.4, 0.5) is 11.4 Å². The van der Waals surface area contributed by atoms with Gasteiger partial charge in [0.2, 0.25) is 0 Å². The number of pyridine rings is 1. The lowest BCUT2D eigenvalue weighted by Gasteiger charge is -2.11. The molecule has 0 bridgehead atoms. The molecule has 2 aromatic rings. The van der Waals surface area contributed by atoms with Crippen molar-refractivity contribution in [3.8, 4) is 0 Å². The van der Waals surface area contributed by atoms with E-state index in [1.54, 1.807) is 12.4 Å². The van der Waals surface area contributed by atoms with E-state index in [9.17, 15) is 4.79 Å². The van der Waals surface area contributed by atoms with E-state index >= 15 is 0 Å². The van der Waals surface area contributed by atoms with Crippen LogP contribution >= 0.6 is 11.8 Å². The topological polar surface area (TPSA) is 54.0 Å². The molecule has 0 fully saturated rings. The normalized spacial score (nSPS) is 17.2. The number of rotatable bonds is 4. The SMILES string of the molecule is O=CC1NC=C(c2ccncc2Nc2ccccc2)S1. The summed E-state index contributed by atoms with van der Waals surface area (Å²) in [5.41, 5.74) is 2.96. The van der Waals surface area contributed by atoms with Crippen molar-refractivity contribution in [2.75, 3.05) is 5.32 Å². The van der Waals surface area contributed by atoms with Crippen molar-refractivity contribution in [2.24, 2.45) is 0 Å². The summed E-state index contributed by atoms with van der Waals surface area (Å²) in [4.78, 5) is 16.0. The number of carbonyl (C=O) groups excluding carboxylic acids is 1. The summed E-state index contributed by atoms with van der Waals surface area (Å²) in [5, 5.41) is 6.17. The molecule has 5 heteroatoms. The maximum atomic E-state index is 10.8. The quantitative estimate of drug-likeness (QED) is 0.845. The van der Waals surface area contributed by atoms with E-state index in [0.717, 1.165) is 28.1 Å². The maximum Gasteiger partial charge on any atom is 0.152 e. The highest BCUT2D eigenvalue weighted by Gasteiger charge is 2.19. The zero-order valence-electron chi connectivity index (χ0n) is 10.6. The molecule has 2 heterocycles. The molecule has 0 spiro atoms. The van der Waals surface area contributed by atoms with Gasteiger partial charge in [-0.15, -0.1) is 0 Å². The third kappa shape index (κ3) is 2.67. The standard InChI is InChI=1S/C15H13N3OS/c19-10-15-17-9-14(20-15)12-6-7-16-8-13(12)18-11-4-2-1-3-5-11/h1-10,15,17-18H. The lowest BCUT2D eigenvalue weighted by atomic mass is 10.2. The van der Waals surface area contributed by atoms with Crippen molar-refractivity contribution < 1.29 is 4.79 Å². The first-order valence-corrected chi connectivity index (χ1v) is 7.09. The summed E-state index contributed by atoms with van der Waals surface area (Å²) >= 11 is 1.50. The van der Waals surface area contributed by atoms with E-state index in [-0.39, 0.29) is 5.37 Å². The van der Waals surface area contributed by atoms with E-state index in [0.29, 0.717) is 0 Å². The van der Waals surface area contributed by atoms with Crippen molar-refractivity contribution in [1.29, 1.82) is 0 Å². The highest BCUT2D eigenvalue weighted by atomic mass is 32.2. The Hall–Kier alpha value is -2.27. The Labute approximate surface area is 121 Å². The molecule has 1 aliphatic rings. The van der Waals surface area contributed by atoms with Crippen molar-refractivity contribution in [3.05, 3.63) is 60.6 Å². The van der Waals surface area contributed by atoms with Gasteiger partial charge in [-0.3, -0.25) is 4.98 Å². The van der Waals surface area contributed by atoms with Gasteiger partial charge in [0.15, 0.2) is 6.29 Å². The Morgan fingerprint density at radius 3 is 2.85 bits per heavy atom. The molecule has 0 radical (unpaired) electrons. The molecule has 20 heavy (non-hydrogen) atoms. The van der Waals surface area contributed by atoms with Gasteiger partial charge in [0.05, 0.1) is 11.9 Å². The molecule has 3 rings (SSSR count). The molecule has 0 saturated carbocycles. The van der Waals surface area contributed by atoms with Gasteiger partial charge in [-0.05, 0) is 18.2 Å². The van der Waals surface area contributed by atoms with Crippen LogP contribution in [0.1, 0.15) is 5.56 Å². The summed E-state index contributed by atoms with van der Waals surface area (Å²) in [6.07, 6.45) is 6.31. The number of para-hydroxylation sites is 1. The summed E-state index contributed by atoms with van der Waals surface area (Å²) in [7, 11) is 0. The Bertz CT molecular complexity index is 643. The number of nitrogens with one attached hydrogen (secondary N) is 2. The Morgan fingerprint density at radius 2 is 2.10 bits per heavy atom. The fourth-order valence-corrected chi connectivity index (χ4v) is 2.86. The molecule has 1 unspecified atom stereocenters. The molecule has 2 N–H and O–H groups in total. The molecule has 0 saturated heterocycles. The van der Waals surface area contributed by atoms with E-state index in [4.69, 9.17) is 0 Å². The summed E-state index contributed by atoms with van der Waals surface area (Å²) in [6, 6.07) is 11.9. The first-order chi connectivity index (χ1) is 9.86. The lowest BCUT2D eigenvalue weighted by Crippen LogP contribution is -2.16. The molecule has 1 aliphatic heterocycles. The smallest absolute Gasteiger partial charge is 0.152 e. The largest absolute Gasteiger partial charge is 0.372 e. The van der Waals surface area contributed by atoms with Gasteiger partial charge < -0.3 is 15.4 Å². The molecule has 0 aliphatic carbocycles. The molecule has 1 aromatic heterocycles. The van der Waals surface area contributed by atoms with Crippen LogP contribution in [0.5, 0.6) is 0 Å². The molecular weight excluding hydrogens is 270 g/mol. The second kappa shape index (κ2) is 5.79. The lowest BCUT2D eigenvalue weighted by molar-refractivity contribution is -0.107. The van der Waals surface area contributed by atoms with E-state index in [1.807, 2.05) is 42.6 Å². The minimum Gasteiger partial charge on any atom is -0.372 e. The minimum absolute atomic E-state index is 0.206. The van der Waals surface area contributed by atoms with Gasteiger partial charge in [0.25, 0.3) is 0 Å². The number of hydrogen-bond donors (Lipinski definition) is 2. The van der Waals surface area contributed by atoms with Gasteiger partial charge >= 0.3 is 0 Å². The monoisotopic (exact) mass is 283 g/mol. The molecule has 1 aromatic carbocycles. The fourth-order valence-electron chi connectivity index (χ4n) is 1.96. The average Bonchev–Trinajstić information content (AvgIpc) is 2.98. The van der Waals surface area contributed by atoms with Crippen molar-refractivity contribution in [1.82, 2.24) is 10.3 Å². The van der Waals surface area contributed by atoms with Gasteiger partial charge in [-0.25, -0.2) is 0 Å². The first-order valence-electron chi connectivity index (χ1n) is 6.21. The molecule has 4 nitrogen and oxygen atoms in total. The second-order valence-corrected chi connectivity index (χ2v) is 5.45. The molecule has 100 valence electrons. The van der Waals surface area contributed by atoms with Gasteiger partial charge in [-0.2, -0.15) is 0 Å². The van der Waals surface area contributed by atoms with E-state index < -0.39 is 0 Å². The number of hydrogen-bond acceptors (Lipinski definition) is 5. The number of aromatic nitrogens is 1. The van der Waals surface area contributed by atoms with E-state index in [1.165, 1.54) is 11.8 Å². The Kier molecular flexibility index (Phi) is 3.69. The van der Waals surface area contributed by atoms with Crippen LogP contribution in [-0.2, 0) is 4.79 Å². The average molecular weight is 283 g/mol. The Morgan fingerprint density at radius 1 is 1.25 bits per heavy atom. The molecule has 1 atom stereocenters. The second-order valence-electron chi connectivity index (χ2n) is 4.26. The third-order valence-electron chi connectivity index (χ3n) is 2.90. The number of nitrogens with zero attached hydrogens (tertiary/aromatic N) is 1. The number of aldehydes is 1. The number of anilines is 2. The van der Waals surface area contributed by atoms with Gasteiger partial charge in [0.1, 0.15) is 5.37 Å². The van der Waals surface area contributed by atoms with Gasteiger partial charge in [-0.1, -0.05) is 30.0 Å².